The molecule has 0 saturated carbocycles. The number of carbonyl (C=O) groups is 1. The molecule has 116 valence electrons. The van der Waals surface area contributed by atoms with Crippen molar-refractivity contribution in [1.29, 1.82) is 0 Å². The number of nitrogens with one attached hydrogen (secondary N) is 2. The Morgan fingerprint density at radius 2 is 2.00 bits per heavy atom. The van der Waals surface area contributed by atoms with Crippen molar-refractivity contribution in [2.75, 3.05) is 17.7 Å². The molecule has 4 nitrogen and oxygen atoms in total. The summed E-state index contributed by atoms with van der Waals surface area (Å²) in [6, 6.07) is 14.5. The summed E-state index contributed by atoms with van der Waals surface area (Å²) in [5.41, 5.74) is 3.06. The smallest absolute Gasteiger partial charge is 0.255 e. The van der Waals surface area contributed by atoms with E-state index in [0.29, 0.717) is 16.3 Å². The van der Waals surface area contributed by atoms with Gasteiger partial charge in [-0.05, 0) is 30.3 Å². The van der Waals surface area contributed by atoms with Crippen molar-refractivity contribution in [2.45, 2.75) is 0 Å². The van der Waals surface area contributed by atoms with Crippen LogP contribution in [0.4, 0.5) is 10.8 Å². The molecule has 0 bridgehead atoms. The number of carbonyl (C=O) groups excluding carboxylic acids is 1. The first kappa shape index (κ1) is 15.5. The third kappa shape index (κ3) is 3.70. The predicted molar refractivity (Wildman–Crippen MR) is 96.5 cm³/mol. The highest BCUT2D eigenvalue weighted by atomic mass is 35.5. The molecule has 6 heteroatoms. The van der Waals surface area contributed by atoms with Gasteiger partial charge in [-0.3, -0.25) is 4.79 Å². The number of halogens is 1. The number of amides is 1. The van der Waals surface area contributed by atoms with Crippen molar-refractivity contribution in [2.24, 2.45) is 0 Å². The van der Waals surface area contributed by atoms with Crippen LogP contribution in [0.25, 0.3) is 11.3 Å². The van der Waals surface area contributed by atoms with E-state index in [4.69, 9.17) is 11.6 Å². The maximum atomic E-state index is 12.3. The van der Waals surface area contributed by atoms with Gasteiger partial charge in [0.15, 0.2) is 5.13 Å². The normalized spacial score (nSPS) is 10.3. The van der Waals surface area contributed by atoms with E-state index < -0.39 is 0 Å². The molecule has 0 saturated heterocycles. The Kier molecular flexibility index (Phi) is 4.60. The number of hydrogen-bond donors (Lipinski definition) is 2. The van der Waals surface area contributed by atoms with E-state index in [1.807, 2.05) is 36.7 Å². The fraction of sp³-hybridized carbons (Fsp3) is 0.0588. The van der Waals surface area contributed by atoms with Gasteiger partial charge in [-0.25, -0.2) is 4.98 Å². The van der Waals surface area contributed by atoms with Crippen molar-refractivity contribution < 1.29 is 4.79 Å². The van der Waals surface area contributed by atoms with Gasteiger partial charge >= 0.3 is 0 Å². The molecule has 1 heterocycles. The van der Waals surface area contributed by atoms with Crippen LogP contribution in [0.15, 0.2) is 53.9 Å². The Balaban J connectivity index is 1.81. The van der Waals surface area contributed by atoms with Crippen molar-refractivity contribution in [3.05, 3.63) is 64.5 Å². The number of thiazole rings is 1. The van der Waals surface area contributed by atoms with Gasteiger partial charge in [-0.2, -0.15) is 0 Å². The number of benzene rings is 2. The van der Waals surface area contributed by atoms with Crippen LogP contribution in [-0.4, -0.2) is 17.9 Å². The highest BCUT2D eigenvalue weighted by molar-refractivity contribution is 7.14. The second-order valence-corrected chi connectivity index (χ2v) is 6.13. The molecule has 0 atom stereocenters. The van der Waals surface area contributed by atoms with Gasteiger partial charge < -0.3 is 10.6 Å². The minimum Gasteiger partial charge on any atom is -0.365 e. The van der Waals surface area contributed by atoms with Gasteiger partial charge in [0.2, 0.25) is 0 Å². The van der Waals surface area contributed by atoms with Crippen molar-refractivity contribution in [1.82, 2.24) is 4.98 Å². The van der Waals surface area contributed by atoms with Crippen LogP contribution in [0.5, 0.6) is 0 Å². The SMILES string of the molecule is CNc1nc(-c2cccc(NC(=O)c3cccc(Cl)c3)c2)cs1. The topological polar surface area (TPSA) is 54.0 Å². The summed E-state index contributed by atoms with van der Waals surface area (Å²) in [5, 5.41) is 9.26. The molecular weight excluding hydrogens is 330 g/mol. The molecule has 1 amide bonds. The number of nitrogens with zero attached hydrogens (tertiary/aromatic N) is 1. The minimum atomic E-state index is -0.196. The van der Waals surface area contributed by atoms with Crippen molar-refractivity contribution >= 4 is 39.7 Å². The molecular formula is C17H14ClN3OS. The molecule has 0 aliphatic carbocycles. The van der Waals surface area contributed by atoms with Crippen LogP contribution in [0.3, 0.4) is 0 Å². The Morgan fingerprint density at radius 1 is 1.17 bits per heavy atom. The molecule has 0 fully saturated rings. The van der Waals surface area contributed by atoms with E-state index in [9.17, 15) is 4.79 Å². The average Bonchev–Trinajstić information content (AvgIpc) is 3.04. The highest BCUT2D eigenvalue weighted by Gasteiger charge is 2.08. The Hall–Kier alpha value is -2.37. The maximum Gasteiger partial charge on any atom is 0.255 e. The standard InChI is InChI=1S/C17H14ClN3OS/c1-19-17-21-15(10-23-17)11-4-3-7-14(9-11)20-16(22)12-5-2-6-13(18)8-12/h2-10H,1H3,(H,19,21)(H,20,22). The number of anilines is 2. The third-order valence-corrected chi connectivity index (χ3v) is 4.32. The lowest BCUT2D eigenvalue weighted by molar-refractivity contribution is 0.102. The van der Waals surface area contributed by atoms with Crippen LogP contribution in [0, 0.1) is 0 Å². The summed E-state index contributed by atoms with van der Waals surface area (Å²) >= 11 is 7.46. The monoisotopic (exact) mass is 343 g/mol. The third-order valence-electron chi connectivity index (χ3n) is 3.22. The Bertz CT molecular complexity index is 847. The summed E-state index contributed by atoms with van der Waals surface area (Å²) in [5.74, 6) is -0.196. The lowest BCUT2D eigenvalue weighted by Crippen LogP contribution is -2.11. The molecule has 2 N–H and O–H groups in total. The molecule has 23 heavy (non-hydrogen) atoms. The van der Waals surface area contributed by atoms with Crippen LogP contribution in [0.2, 0.25) is 5.02 Å². The first-order chi connectivity index (χ1) is 11.2. The fourth-order valence-corrected chi connectivity index (χ4v) is 2.98. The largest absolute Gasteiger partial charge is 0.365 e. The van der Waals surface area contributed by atoms with Crippen molar-refractivity contribution in [3.8, 4) is 11.3 Å². The van der Waals surface area contributed by atoms with Crippen LogP contribution in [-0.2, 0) is 0 Å². The van der Waals surface area contributed by atoms with Gasteiger partial charge in [0, 0.05) is 34.3 Å². The second kappa shape index (κ2) is 6.81. The van der Waals surface area contributed by atoms with Gasteiger partial charge in [0.05, 0.1) is 5.69 Å². The summed E-state index contributed by atoms with van der Waals surface area (Å²) in [6.07, 6.45) is 0. The number of aromatic nitrogens is 1. The van der Waals surface area contributed by atoms with E-state index in [0.717, 1.165) is 16.4 Å². The molecule has 0 radical (unpaired) electrons. The maximum absolute atomic E-state index is 12.3. The second-order valence-electron chi connectivity index (χ2n) is 4.83. The average molecular weight is 344 g/mol. The molecule has 2 aromatic carbocycles. The van der Waals surface area contributed by atoms with E-state index in [-0.39, 0.29) is 5.91 Å². The summed E-state index contributed by atoms with van der Waals surface area (Å²) < 4.78 is 0. The van der Waals surface area contributed by atoms with Gasteiger partial charge in [-0.15, -0.1) is 11.3 Å². The lowest BCUT2D eigenvalue weighted by Gasteiger charge is -2.07. The van der Waals surface area contributed by atoms with Gasteiger partial charge in [0.1, 0.15) is 0 Å². The highest BCUT2D eigenvalue weighted by Crippen LogP contribution is 2.26. The van der Waals surface area contributed by atoms with E-state index in [2.05, 4.69) is 15.6 Å². The number of hydrogen-bond acceptors (Lipinski definition) is 4. The quantitative estimate of drug-likeness (QED) is 0.718. The first-order valence-corrected chi connectivity index (χ1v) is 8.22. The number of rotatable bonds is 4. The summed E-state index contributed by atoms with van der Waals surface area (Å²) in [7, 11) is 1.84. The summed E-state index contributed by atoms with van der Waals surface area (Å²) in [6.45, 7) is 0. The zero-order valence-corrected chi connectivity index (χ0v) is 13.9. The van der Waals surface area contributed by atoms with Crippen LogP contribution in [0.1, 0.15) is 10.4 Å². The van der Waals surface area contributed by atoms with Gasteiger partial charge in [-0.1, -0.05) is 29.8 Å². The first-order valence-electron chi connectivity index (χ1n) is 6.96. The summed E-state index contributed by atoms with van der Waals surface area (Å²) in [4.78, 5) is 16.7. The lowest BCUT2D eigenvalue weighted by atomic mass is 10.1. The molecule has 3 aromatic rings. The molecule has 0 spiro atoms. The van der Waals surface area contributed by atoms with Crippen LogP contribution >= 0.6 is 22.9 Å². The zero-order chi connectivity index (χ0) is 16.2. The molecule has 0 aliphatic heterocycles. The van der Waals surface area contributed by atoms with E-state index in [1.54, 1.807) is 24.3 Å². The molecule has 0 unspecified atom stereocenters. The van der Waals surface area contributed by atoms with E-state index >= 15 is 0 Å². The Morgan fingerprint density at radius 3 is 2.74 bits per heavy atom. The Labute approximate surface area is 143 Å². The molecule has 1 aromatic heterocycles. The molecule has 3 rings (SSSR count). The van der Waals surface area contributed by atoms with Gasteiger partial charge in [0.25, 0.3) is 5.91 Å². The predicted octanol–water partition coefficient (Wildman–Crippen LogP) is 4.76. The fourth-order valence-electron chi connectivity index (χ4n) is 2.11. The molecule has 0 aliphatic rings. The zero-order valence-electron chi connectivity index (χ0n) is 12.3. The van der Waals surface area contributed by atoms with Crippen molar-refractivity contribution in [3.63, 3.8) is 0 Å². The minimum absolute atomic E-state index is 0.196. The van der Waals surface area contributed by atoms with Crippen LogP contribution < -0.4 is 10.6 Å². The van der Waals surface area contributed by atoms with E-state index in [1.165, 1.54) is 11.3 Å².